The summed E-state index contributed by atoms with van der Waals surface area (Å²) in [6, 6.07) is 7.63. The number of nitrogens with zero attached hydrogens (tertiary/aromatic N) is 4. The maximum atomic E-state index is 11.4. The molecule has 3 aromatic heterocycles. The van der Waals surface area contributed by atoms with E-state index in [9.17, 15) is 15.0 Å². The molecule has 4 rings (SSSR count). The summed E-state index contributed by atoms with van der Waals surface area (Å²) in [6.45, 7) is 1.32. The topological polar surface area (TPSA) is 113 Å². The largest absolute Gasteiger partial charge is 0.481 e. The molecule has 158 valence electrons. The molecule has 0 aromatic carbocycles. The summed E-state index contributed by atoms with van der Waals surface area (Å²) < 4.78 is 1.85. The summed E-state index contributed by atoms with van der Waals surface area (Å²) in [5.74, 6) is 2.03. The molecule has 0 saturated heterocycles. The van der Waals surface area contributed by atoms with Gasteiger partial charge in [0.1, 0.15) is 17.8 Å². The first-order valence-corrected chi connectivity index (χ1v) is 10.2. The van der Waals surface area contributed by atoms with Crippen molar-refractivity contribution in [2.45, 2.75) is 37.6 Å². The number of aryl methyl sites for hydroxylation is 1. The van der Waals surface area contributed by atoms with Crippen molar-refractivity contribution in [2.75, 3.05) is 11.9 Å². The lowest BCUT2D eigenvalue weighted by molar-refractivity contribution is -0.137. The molecule has 0 amide bonds. The van der Waals surface area contributed by atoms with Crippen LogP contribution < -0.4 is 5.32 Å². The zero-order valence-electron chi connectivity index (χ0n) is 16.9. The van der Waals surface area contributed by atoms with E-state index in [2.05, 4.69) is 21.2 Å². The van der Waals surface area contributed by atoms with Gasteiger partial charge in [0.25, 0.3) is 0 Å². The Balaban J connectivity index is 1.59. The molecule has 8 heteroatoms. The smallest absolute Gasteiger partial charge is 0.304 e. The molecule has 2 atom stereocenters. The number of aliphatic hydroxyl groups excluding tert-OH is 1. The number of anilines is 1. The third kappa shape index (κ3) is 4.83. The Morgan fingerprint density at radius 2 is 2.19 bits per heavy atom. The fraction of sp³-hybridized carbons (Fsp3) is 0.304. The fourth-order valence-corrected chi connectivity index (χ4v) is 3.87. The lowest BCUT2D eigenvalue weighted by atomic mass is 9.97. The maximum Gasteiger partial charge on any atom is 0.304 e. The van der Waals surface area contributed by atoms with Crippen LogP contribution in [-0.2, 0) is 17.8 Å². The highest BCUT2D eigenvalue weighted by atomic mass is 16.4. The van der Waals surface area contributed by atoms with Crippen LogP contribution in [0.25, 0.3) is 0 Å². The van der Waals surface area contributed by atoms with Gasteiger partial charge < -0.3 is 20.1 Å². The van der Waals surface area contributed by atoms with Gasteiger partial charge in [-0.15, -0.1) is 0 Å². The van der Waals surface area contributed by atoms with Crippen molar-refractivity contribution in [1.82, 2.24) is 19.5 Å². The standard InChI is InChI=1S/C23H23N5O3/c29-10-7-19(20-6-5-16-3-2-9-25-23(16)27-20)21-14-28(15-26-21)13-18(11-22(30)31)17-4-1-8-24-12-17/h1,4-6,8,12,14-15,18-19,29H,2-3,9,11,13H2,(H,25,27)(H,30,31). The Morgan fingerprint density at radius 1 is 1.29 bits per heavy atom. The van der Waals surface area contributed by atoms with Crippen molar-refractivity contribution in [3.05, 3.63) is 71.7 Å². The van der Waals surface area contributed by atoms with Crippen LogP contribution in [-0.4, -0.2) is 42.2 Å². The number of carboxylic acids is 1. The monoisotopic (exact) mass is 417 g/mol. The number of aliphatic carboxylic acids is 1. The normalized spacial score (nSPS) is 14.5. The molecule has 0 saturated carbocycles. The van der Waals surface area contributed by atoms with Crippen molar-refractivity contribution in [3.63, 3.8) is 0 Å². The van der Waals surface area contributed by atoms with Crippen molar-refractivity contribution in [3.8, 4) is 12.0 Å². The Labute approximate surface area is 180 Å². The van der Waals surface area contributed by atoms with Gasteiger partial charge in [-0.1, -0.05) is 12.1 Å². The number of fused-ring (bicyclic) bond motifs is 1. The van der Waals surface area contributed by atoms with Crippen molar-refractivity contribution in [1.29, 1.82) is 0 Å². The van der Waals surface area contributed by atoms with Crippen LogP contribution in [0.1, 0.15) is 47.2 Å². The van der Waals surface area contributed by atoms with Gasteiger partial charge in [0.15, 0.2) is 0 Å². The van der Waals surface area contributed by atoms with Gasteiger partial charge >= 0.3 is 5.97 Å². The first-order chi connectivity index (χ1) is 15.1. The predicted molar refractivity (Wildman–Crippen MR) is 114 cm³/mol. The number of aromatic nitrogens is 4. The van der Waals surface area contributed by atoms with E-state index in [0.717, 1.165) is 30.8 Å². The average Bonchev–Trinajstić information content (AvgIpc) is 3.25. The summed E-state index contributed by atoms with van der Waals surface area (Å²) in [5.41, 5.74) is 3.37. The highest BCUT2D eigenvalue weighted by molar-refractivity contribution is 5.68. The number of imidazole rings is 1. The van der Waals surface area contributed by atoms with Crippen LogP contribution in [0.2, 0.25) is 0 Å². The Hall–Kier alpha value is -3.86. The fourth-order valence-electron chi connectivity index (χ4n) is 3.87. The molecule has 0 spiro atoms. The molecule has 3 aromatic rings. The first kappa shape index (κ1) is 20.4. The Kier molecular flexibility index (Phi) is 6.13. The van der Waals surface area contributed by atoms with Gasteiger partial charge in [0.2, 0.25) is 0 Å². The van der Waals surface area contributed by atoms with Crippen LogP contribution in [0.15, 0.2) is 49.2 Å². The molecule has 1 aliphatic heterocycles. The third-order valence-corrected chi connectivity index (χ3v) is 5.38. The van der Waals surface area contributed by atoms with Gasteiger partial charge in [-0.3, -0.25) is 9.78 Å². The van der Waals surface area contributed by atoms with Crippen LogP contribution >= 0.6 is 0 Å². The second kappa shape index (κ2) is 9.30. The predicted octanol–water partition coefficient (Wildman–Crippen LogP) is 2.76. The van der Waals surface area contributed by atoms with Crippen LogP contribution in [0.3, 0.4) is 0 Å². The van der Waals surface area contributed by atoms with E-state index in [1.807, 2.05) is 35.1 Å². The molecule has 3 N–H and O–H groups in total. The Morgan fingerprint density at radius 3 is 2.97 bits per heavy atom. The molecule has 0 radical (unpaired) electrons. The van der Waals surface area contributed by atoms with E-state index >= 15 is 0 Å². The number of carbonyl (C=O) groups is 1. The Bertz CT molecular complexity index is 1120. The molecule has 31 heavy (non-hydrogen) atoms. The van der Waals surface area contributed by atoms with Crippen LogP contribution in [0, 0.1) is 12.0 Å². The highest BCUT2D eigenvalue weighted by Crippen LogP contribution is 2.27. The first-order valence-electron chi connectivity index (χ1n) is 10.2. The van der Waals surface area contributed by atoms with Crippen LogP contribution in [0.4, 0.5) is 5.82 Å². The molecular weight excluding hydrogens is 394 g/mol. The zero-order valence-corrected chi connectivity index (χ0v) is 16.9. The van der Waals surface area contributed by atoms with Gasteiger partial charge in [-0.05, 0) is 42.0 Å². The van der Waals surface area contributed by atoms with Crippen molar-refractivity contribution < 1.29 is 15.0 Å². The lowest BCUT2D eigenvalue weighted by Crippen LogP contribution is -2.15. The number of aliphatic hydroxyl groups is 1. The number of hydrogen-bond acceptors (Lipinski definition) is 6. The molecule has 0 bridgehead atoms. The molecule has 0 fully saturated rings. The van der Waals surface area contributed by atoms with Crippen LogP contribution in [0.5, 0.6) is 0 Å². The van der Waals surface area contributed by atoms with Gasteiger partial charge in [-0.2, -0.15) is 0 Å². The van der Waals surface area contributed by atoms with E-state index in [1.165, 1.54) is 5.56 Å². The summed E-state index contributed by atoms with van der Waals surface area (Å²) in [7, 11) is 0. The van der Waals surface area contributed by atoms with Crippen molar-refractivity contribution >= 4 is 11.8 Å². The van der Waals surface area contributed by atoms with E-state index in [1.54, 1.807) is 24.8 Å². The summed E-state index contributed by atoms with van der Waals surface area (Å²) >= 11 is 0. The quantitative estimate of drug-likeness (QED) is 0.507. The second-order valence-electron chi connectivity index (χ2n) is 7.54. The minimum absolute atomic E-state index is 0.0167. The summed E-state index contributed by atoms with van der Waals surface area (Å²) in [5, 5.41) is 21.9. The lowest BCUT2D eigenvalue weighted by Gasteiger charge is -2.18. The number of hydrogen-bond donors (Lipinski definition) is 3. The van der Waals surface area contributed by atoms with Gasteiger partial charge in [-0.25, -0.2) is 9.97 Å². The SMILES string of the molecule is O=C(O)CC(Cn1cnc(C(C#CO)c2ccc3c(n2)NCCC3)c1)c1cccnc1. The molecule has 1 aliphatic rings. The number of pyridine rings is 2. The van der Waals surface area contributed by atoms with Gasteiger partial charge in [0, 0.05) is 37.6 Å². The summed E-state index contributed by atoms with van der Waals surface area (Å²) in [4.78, 5) is 24.7. The number of rotatable bonds is 7. The van der Waals surface area contributed by atoms with Gasteiger partial charge in [0.05, 0.1) is 24.1 Å². The molecule has 0 aliphatic carbocycles. The zero-order chi connectivity index (χ0) is 21.6. The third-order valence-electron chi connectivity index (χ3n) is 5.38. The molecular formula is C23H23N5O3. The maximum absolute atomic E-state index is 11.4. The van der Waals surface area contributed by atoms with E-state index in [-0.39, 0.29) is 12.3 Å². The average molecular weight is 417 g/mol. The number of nitrogens with one attached hydrogen (secondary N) is 1. The number of carboxylic acid groups (broad SMARTS) is 1. The molecule has 8 nitrogen and oxygen atoms in total. The van der Waals surface area contributed by atoms with E-state index in [4.69, 9.17) is 4.98 Å². The van der Waals surface area contributed by atoms with Crippen molar-refractivity contribution in [2.24, 2.45) is 0 Å². The van der Waals surface area contributed by atoms with E-state index in [0.29, 0.717) is 17.9 Å². The molecule has 4 heterocycles. The minimum Gasteiger partial charge on any atom is -0.481 e. The second-order valence-corrected chi connectivity index (χ2v) is 7.54. The minimum atomic E-state index is -0.871. The summed E-state index contributed by atoms with van der Waals surface area (Å²) in [6.07, 6.45) is 10.9. The van der Waals surface area contributed by atoms with E-state index < -0.39 is 11.9 Å². The molecule has 2 unspecified atom stereocenters. The highest BCUT2D eigenvalue weighted by Gasteiger charge is 2.21.